The predicted molar refractivity (Wildman–Crippen MR) is 73.4 cm³/mol. The van der Waals surface area contributed by atoms with Crippen LogP contribution in [0.4, 0.5) is 5.82 Å². The molecule has 3 nitrogen and oxygen atoms in total. The van der Waals surface area contributed by atoms with Crippen LogP contribution in [-0.2, 0) is 0 Å². The van der Waals surface area contributed by atoms with E-state index < -0.39 is 0 Å². The average molecular weight is 307 g/mol. The zero-order chi connectivity index (χ0) is 10.7. The highest BCUT2D eigenvalue weighted by molar-refractivity contribution is 9.10. The van der Waals surface area contributed by atoms with Crippen LogP contribution in [0.2, 0.25) is 0 Å². The molecule has 2 heterocycles. The molecule has 1 aromatic heterocycles. The molecule has 1 fully saturated rings. The van der Waals surface area contributed by atoms with Crippen LogP contribution in [0.5, 0.6) is 0 Å². The third-order valence-electron chi connectivity index (χ3n) is 2.80. The molecule has 0 bridgehead atoms. The van der Waals surface area contributed by atoms with Crippen molar-refractivity contribution >= 4 is 34.2 Å². The Bertz CT molecular complexity index is 312. The molecule has 0 spiro atoms. The monoisotopic (exact) mass is 305 g/mol. The van der Waals surface area contributed by atoms with Crippen molar-refractivity contribution in [3.8, 4) is 0 Å². The summed E-state index contributed by atoms with van der Waals surface area (Å²) in [5.41, 5.74) is 0. The van der Waals surface area contributed by atoms with Gasteiger partial charge in [0.15, 0.2) is 0 Å². The number of pyridine rings is 1. The van der Waals surface area contributed by atoms with Gasteiger partial charge in [0.1, 0.15) is 5.82 Å². The van der Waals surface area contributed by atoms with Crippen molar-refractivity contribution in [2.45, 2.75) is 6.42 Å². The molecule has 0 aliphatic carbocycles. The van der Waals surface area contributed by atoms with Crippen molar-refractivity contribution in [2.24, 2.45) is 5.92 Å². The lowest BCUT2D eigenvalue weighted by Crippen LogP contribution is -2.27. The van der Waals surface area contributed by atoms with Crippen LogP contribution < -0.4 is 10.2 Å². The highest BCUT2D eigenvalue weighted by Gasteiger charge is 2.16. The van der Waals surface area contributed by atoms with Crippen molar-refractivity contribution < 1.29 is 0 Å². The second kappa shape index (κ2) is 6.42. The second-order valence-corrected chi connectivity index (χ2v) is 4.99. The number of hydrogen-bond acceptors (Lipinski definition) is 3. The van der Waals surface area contributed by atoms with Gasteiger partial charge in [-0.05, 0) is 53.5 Å². The van der Waals surface area contributed by atoms with Gasteiger partial charge in [0, 0.05) is 24.3 Å². The Kier molecular flexibility index (Phi) is 5.52. The van der Waals surface area contributed by atoms with E-state index in [4.69, 9.17) is 0 Å². The van der Waals surface area contributed by atoms with Crippen molar-refractivity contribution in [2.75, 3.05) is 31.6 Å². The van der Waals surface area contributed by atoms with E-state index in [1.165, 1.54) is 6.42 Å². The van der Waals surface area contributed by atoms with Crippen molar-refractivity contribution in [1.82, 2.24) is 10.3 Å². The molecule has 0 aromatic carbocycles. The maximum Gasteiger partial charge on any atom is 0.128 e. The molecule has 1 atom stereocenters. The normalized spacial score (nSPS) is 19.2. The Labute approximate surface area is 111 Å². The average Bonchev–Trinajstić information content (AvgIpc) is 2.71. The van der Waals surface area contributed by atoms with Gasteiger partial charge < -0.3 is 10.2 Å². The minimum atomic E-state index is 0. The minimum Gasteiger partial charge on any atom is -0.359 e. The summed E-state index contributed by atoms with van der Waals surface area (Å²) in [4.78, 5) is 6.61. The topological polar surface area (TPSA) is 28.2 Å². The fourth-order valence-electron chi connectivity index (χ4n) is 1.94. The van der Waals surface area contributed by atoms with Crippen LogP contribution in [0.15, 0.2) is 22.8 Å². The zero-order valence-electron chi connectivity index (χ0n) is 9.32. The first-order valence-corrected chi connectivity index (χ1v) is 6.08. The SMILES string of the molecule is CN(CC1CCNC1)c1ccc(Br)cn1.Cl. The van der Waals surface area contributed by atoms with Crippen LogP contribution in [0.1, 0.15) is 6.42 Å². The van der Waals surface area contributed by atoms with Gasteiger partial charge in [0.2, 0.25) is 0 Å². The zero-order valence-corrected chi connectivity index (χ0v) is 11.7. The number of aromatic nitrogens is 1. The minimum absolute atomic E-state index is 0. The fourth-order valence-corrected chi connectivity index (χ4v) is 2.18. The van der Waals surface area contributed by atoms with Crippen LogP contribution in [0, 0.1) is 5.92 Å². The summed E-state index contributed by atoms with van der Waals surface area (Å²) in [6.07, 6.45) is 3.12. The van der Waals surface area contributed by atoms with Gasteiger partial charge in [-0.15, -0.1) is 12.4 Å². The highest BCUT2D eigenvalue weighted by atomic mass is 79.9. The number of anilines is 1. The van der Waals surface area contributed by atoms with E-state index in [1.54, 1.807) is 0 Å². The summed E-state index contributed by atoms with van der Waals surface area (Å²) in [5, 5.41) is 3.38. The van der Waals surface area contributed by atoms with E-state index in [1.807, 2.05) is 18.3 Å². The molecule has 2 rings (SSSR count). The van der Waals surface area contributed by atoms with E-state index >= 15 is 0 Å². The Hall–Kier alpha value is -0.320. The van der Waals surface area contributed by atoms with Gasteiger partial charge in [0.25, 0.3) is 0 Å². The van der Waals surface area contributed by atoms with Crippen LogP contribution in [0.3, 0.4) is 0 Å². The number of hydrogen-bond donors (Lipinski definition) is 1. The molecule has 1 aliphatic heterocycles. The Morgan fingerprint density at radius 3 is 2.94 bits per heavy atom. The van der Waals surface area contributed by atoms with E-state index in [9.17, 15) is 0 Å². The molecular formula is C11H17BrClN3. The molecule has 1 N–H and O–H groups in total. The third kappa shape index (κ3) is 3.61. The Balaban J connectivity index is 0.00000128. The summed E-state index contributed by atoms with van der Waals surface area (Å²) in [6.45, 7) is 3.38. The number of nitrogens with zero attached hydrogens (tertiary/aromatic N) is 2. The molecule has 0 radical (unpaired) electrons. The quantitative estimate of drug-likeness (QED) is 0.929. The summed E-state index contributed by atoms with van der Waals surface area (Å²) >= 11 is 3.39. The lowest BCUT2D eigenvalue weighted by atomic mass is 10.1. The van der Waals surface area contributed by atoms with Gasteiger partial charge >= 0.3 is 0 Å². The molecule has 0 saturated carbocycles. The standard InChI is InChI=1S/C11H16BrN3.ClH/c1-15(8-9-4-5-13-6-9)11-3-2-10(12)7-14-11;/h2-3,7,9,13H,4-6,8H2,1H3;1H. The third-order valence-corrected chi connectivity index (χ3v) is 3.27. The van der Waals surface area contributed by atoms with Gasteiger partial charge in [0.05, 0.1) is 0 Å². The fraction of sp³-hybridized carbons (Fsp3) is 0.545. The largest absolute Gasteiger partial charge is 0.359 e. The lowest BCUT2D eigenvalue weighted by Gasteiger charge is -2.21. The van der Waals surface area contributed by atoms with E-state index in [0.29, 0.717) is 0 Å². The van der Waals surface area contributed by atoms with Gasteiger partial charge in [-0.3, -0.25) is 0 Å². The van der Waals surface area contributed by atoms with E-state index in [-0.39, 0.29) is 12.4 Å². The smallest absolute Gasteiger partial charge is 0.128 e. The van der Waals surface area contributed by atoms with Gasteiger partial charge in [-0.25, -0.2) is 4.98 Å². The number of rotatable bonds is 3. The first-order valence-electron chi connectivity index (χ1n) is 5.29. The molecule has 1 saturated heterocycles. The number of nitrogens with one attached hydrogen (secondary N) is 1. The summed E-state index contributed by atoms with van der Waals surface area (Å²) in [6, 6.07) is 4.08. The van der Waals surface area contributed by atoms with E-state index in [0.717, 1.165) is 35.8 Å². The summed E-state index contributed by atoms with van der Waals surface area (Å²) in [7, 11) is 2.11. The molecule has 1 aromatic rings. The summed E-state index contributed by atoms with van der Waals surface area (Å²) in [5.74, 6) is 1.81. The maximum absolute atomic E-state index is 4.38. The lowest BCUT2D eigenvalue weighted by molar-refractivity contribution is 0.576. The molecule has 90 valence electrons. The van der Waals surface area contributed by atoms with Crippen LogP contribution >= 0.6 is 28.3 Å². The Morgan fingerprint density at radius 1 is 1.56 bits per heavy atom. The molecule has 16 heavy (non-hydrogen) atoms. The molecule has 1 aliphatic rings. The van der Waals surface area contributed by atoms with Crippen molar-refractivity contribution in [3.63, 3.8) is 0 Å². The highest BCUT2D eigenvalue weighted by Crippen LogP contribution is 2.16. The van der Waals surface area contributed by atoms with Gasteiger partial charge in [-0.1, -0.05) is 0 Å². The first-order chi connectivity index (χ1) is 7.25. The van der Waals surface area contributed by atoms with Gasteiger partial charge in [-0.2, -0.15) is 0 Å². The summed E-state index contributed by atoms with van der Waals surface area (Å²) < 4.78 is 1.03. The van der Waals surface area contributed by atoms with Crippen LogP contribution in [0.25, 0.3) is 0 Å². The van der Waals surface area contributed by atoms with E-state index in [2.05, 4.69) is 38.2 Å². The van der Waals surface area contributed by atoms with Crippen molar-refractivity contribution in [3.05, 3.63) is 22.8 Å². The molecule has 1 unspecified atom stereocenters. The molecule has 5 heteroatoms. The second-order valence-electron chi connectivity index (χ2n) is 4.07. The number of halogens is 2. The van der Waals surface area contributed by atoms with Crippen molar-refractivity contribution in [1.29, 1.82) is 0 Å². The maximum atomic E-state index is 4.38. The van der Waals surface area contributed by atoms with Crippen LogP contribution in [-0.4, -0.2) is 31.7 Å². The first kappa shape index (κ1) is 13.7. The molecule has 0 amide bonds. The predicted octanol–water partition coefficient (Wildman–Crippen LogP) is 2.31. The Morgan fingerprint density at radius 2 is 2.38 bits per heavy atom. The molecular weight excluding hydrogens is 289 g/mol.